The van der Waals surface area contributed by atoms with Gasteiger partial charge in [-0.25, -0.2) is 9.78 Å². The summed E-state index contributed by atoms with van der Waals surface area (Å²) in [5, 5.41) is 10.7. The first kappa shape index (κ1) is 15.5. The van der Waals surface area contributed by atoms with E-state index in [2.05, 4.69) is 6.07 Å². The van der Waals surface area contributed by atoms with Crippen molar-refractivity contribution in [3.63, 3.8) is 0 Å². The van der Waals surface area contributed by atoms with Crippen LogP contribution in [0.25, 0.3) is 22.2 Å². The SMILES string of the molecule is Cc1ccc(-c2cc(C(=O)O)c3cc(Cl)cc(C)c3n2)c(C)c1. The Labute approximate surface area is 139 Å². The fraction of sp³-hybridized carbons (Fsp3) is 0.158. The minimum atomic E-state index is -0.981. The standard InChI is InChI=1S/C19H16ClNO2/c1-10-4-5-14(11(2)6-10)17-9-16(19(22)23)15-8-13(20)7-12(3)18(15)21-17/h4-9H,1-3H3,(H,22,23). The van der Waals surface area contributed by atoms with E-state index in [0.29, 0.717) is 21.6 Å². The minimum absolute atomic E-state index is 0.218. The molecule has 0 atom stereocenters. The zero-order valence-electron chi connectivity index (χ0n) is 13.1. The number of pyridine rings is 1. The van der Waals surface area contributed by atoms with Crippen LogP contribution in [0.2, 0.25) is 5.02 Å². The third-order valence-corrected chi connectivity index (χ3v) is 4.18. The van der Waals surface area contributed by atoms with Gasteiger partial charge in [0.05, 0.1) is 16.8 Å². The summed E-state index contributed by atoms with van der Waals surface area (Å²) in [6.45, 7) is 5.92. The number of aromatic nitrogens is 1. The van der Waals surface area contributed by atoms with Gasteiger partial charge in [0.1, 0.15) is 0 Å². The van der Waals surface area contributed by atoms with Gasteiger partial charge in [-0.1, -0.05) is 35.4 Å². The Hall–Kier alpha value is -2.39. The summed E-state index contributed by atoms with van der Waals surface area (Å²) in [6, 6.07) is 11.1. The molecule has 4 heteroatoms. The van der Waals surface area contributed by atoms with Crippen LogP contribution in [0.5, 0.6) is 0 Å². The van der Waals surface area contributed by atoms with Crippen LogP contribution < -0.4 is 0 Å². The number of rotatable bonds is 2. The van der Waals surface area contributed by atoms with Crippen LogP contribution in [0.1, 0.15) is 27.0 Å². The molecule has 3 nitrogen and oxygen atoms in total. The molecule has 0 spiro atoms. The molecule has 0 bridgehead atoms. The van der Waals surface area contributed by atoms with Crippen molar-refractivity contribution in [2.45, 2.75) is 20.8 Å². The maximum Gasteiger partial charge on any atom is 0.336 e. The van der Waals surface area contributed by atoms with Crippen molar-refractivity contribution in [2.75, 3.05) is 0 Å². The molecule has 0 saturated carbocycles. The summed E-state index contributed by atoms with van der Waals surface area (Å²) < 4.78 is 0. The van der Waals surface area contributed by atoms with Crippen LogP contribution in [-0.2, 0) is 0 Å². The number of halogens is 1. The third-order valence-electron chi connectivity index (χ3n) is 3.96. The van der Waals surface area contributed by atoms with Gasteiger partial charge in [-0.15, -0.1) is 0 Å². The molecule has 0 amide bonds. The number of carboxylic acids is 1. The average Bonchev–Trinajstić information content (AvgIpc) is 2.46. The molecule has 3 rings (SSSR count). The maximum atomic E-state index is 11.7. The van der Waals surface area contributed by atoms with E-state index in [4.69, 9.17) is 16.6 Å². The number of hydrogen-bond donors (Lipinski definition) is 1. The normalized spacial score (nSPS) is 11.0. The highest BCUT2D eigenvalue weighted by Gasteiger charge is 2.16. The van der Waals surface area contributed by atoms with Crippen molar-refractivity contribution in [3.05, 3.63) is 63.7 Å². The number of carbonyl (C=O) groups is 1. The van der Waals surface area contributed by atoms with Crippen molar-refractivity contribution in [1.82, 2.24) is 4.98 Å². The second kappa shape index (κ2) is 5.67. The van der Waals surface area contributed by atoms with E-state index in [0.717, 1.165) is 22.3 Å². The topological polar surface area (TPSA) is 50.2 Å². The zero-order valence-corrected chi connectivity index (χ0v) is 13.9. The van der Waals surface area contributed by atoms with Gasteiger partial charge < -0.3 is 5.11 Å². The fourth-order valence-corrected chi connectivity index (χ4v) is 3.15. The molecule has 1 N–H and O–H groups in total. The van der Waals surface area contributed by atoms with Gasteiger partial charge in [0, 0.05) is 16.0 Å². The lowest BCUT2D eigenvalue weighted by atomic mass is 9.98. The molecule has 0 aliphatic carbocycles. The van der Waals surface area contributed by atoms with Crippen molar-refractivity contribution < 1.29 is 9.90 Å². The molecule has 2 aromatic carbocycles. The van der Waals surface area contributed by atoms with Crippen molar-refractivity contribution >= 4 is 28.5 Å². The summed E-state index contributed by atoms with van der Waals surface area (Å²) in [7, 11) is 0. The largest absolute Gasteiger partial charge is 0.478 e. The monoisotopic (exact) mass is 325 g/mol. The molecule has 23 heavy (non-hydrogen) atoms. The first-order valence-electron chi connectivity index (χ1n) is 7.28. The smallest absolute Gasteiger partial charge is 0.336 e. The minimum Gasteiger partial charge on any atom is -0.478 e. The van der Waals surface area contributed by atoms with Gasteiger partial charge in [-0.2, -0.15) is 0 Å². The van der Waals surface area contributed by atoms with Gasteiger partial charge in [0.15, 0.2) is 0 Å². The molecule has 0 aliphatic heterocycles. The van der Waals surface area contributed by atoms with E-state index in [9.17, 15) is 9.90 Å². The molecule has 1 heterocycles. The summed E-state index contributed by atoms with van der Waals surface area (Å²) in [4.78, 5) is 16.4. The number of benzene rings is 2. The van der Waals surface area contributed by atoms with E-state index in [1.54, 1.807) is 18.2 Å². The number of hydrogen-bond acceptors (Lipinski definition) is 2. The molecule has 0 unspecified atom stereocenters. The van der Waals surface area contributed by atoms with E-state index < -0.39 is 5.97 Å². The van der Waals surface area contributed by atoms with Gasteiger partial charge in [-0.05, 0) is 50.1 Å². The highest BCUT2D eigenvalue weighted by Crippen LogP contribution is 2.30. The summed E-state index contributed by atoms with van der Waals surface area (Å²) >= 11 is 6.08. The highest BCUT2D eigenvalue weighted by molar-refractivity contribution is 6.31. The van der Waals surface area contributed by atoms with E-state index in [1.807, 2.05) is 32.9 Å². The lowest BCUT2D eigenvalue weighted by molar-refractivity contribution is 0.0699. The molecule has 0 aliphatic rings. The quantitative estimate of drug-likeness (QED) is 0.706. The summed E-state index contributed by atoms with van der Waals surface area (Å²) in [5.74, 6) is -0.981. The first-order chi connectivity index (χ1) is 10.9. The number of carboxylic acid groups (broad SMARTS) is 1. The van der Waals surface area contributed by atoms with Crippen LogP contribution in [-0.4, -0.2) is 16.1 Å². The molecule has 0 fully saturated rings. The first-order valence-corrected chi connectivity index (χ1v) is 7.66. The highest BCUT2D eigenvalue weighted by atomic mass is 35.5. The van der Waals surface area contributed by atoms with Crippen LogP contribution in [0.15, 0.2) is 36.4 Å². The Bertz CT molecular complexity index is 948. The van der Waals surface area contributed by atoms with Crippen LogP contribution in [0.4, 0.5) is 0 Å². The van der Waals surface area contributed by atoms with Gasteiger partial charge >= 0.3 is 5.97 Å². The molecule has 1 aromatic heterocycles. The molecule has 0 saturated heterocycles. The Morgan fingerprint density at radius 3 is 2.43 bits per heavy atom. The van der Waals surface area contributed by atoms with Crippen molar-refractivity contribution in [2.24, 2.45) is 0 Å². The van der Waals surface area contributed by atoms with Gasteiger partial charge in [0.2, 0.25) is 0 Å². The predicted octanol–water partition coefficient (Wildman–Crippen LogP) is 5.18. The molecular weight excluding hydrogens is 310 g/mol. The third kappa shape index (κ3) is 2.80. The average molecular weight is 326 g/mol. The summed E-state index contributed by atoms with van der Waals surface area (Å²) in [6.07, 6.45) is 0. The Kier molecular flexibility index (Phi) is 3.82. The Balaban J connectivity index is 2.37. The number of aryl methyl sites for hydroxylation is 3. The zero-order chi connectivity index (χ0) is 16.7. The Morgan fingerprint density at radius 2 is 1.78 bits per heavy atom. The van der Waals surface area contributed by atoms with E-state index >= 15 is 0 Å². The van der Waals surface area contributed by atoms with Crippen LogP contribution in [0, 0.1) is 20.8 Å². The summed E-state index contributed by atoms with van der Waals surface area (Å²) in [5.41, 5.74) is 5.59. The van der Waals surface area contributed by atoms with Crippen LogP contribution in [0.3, 0.4) is 0 Å². The van der Waals surface area contributed by atoms with Gasteiger partial charge in [-0.3, -0.25) is 0 Å². The molecule has 116 valence electrons. The number of aromatic carboxylic acids is 1. The second-order valence-electron chi connectivity index (χ2n) is 5.80. The lowest BCUT2D eigenvalue weighted by Crippen LogP contribution is -2.02. The predicted molar refractivity (Wildman–Crippen MR) is 93.4 cm³/mol. The number of nitrogens with zero attached hydrogens (tertiary/aromatic N) is 1. The lowest BCUT2D eigenvalue weighted by Gasteiger charge is -2.12. The van der Waals surface area contributed by atoms with Crippen LogP contribution >= 0.6 is 11.6 Å². The van der Waals surface area contributed by atoms with Crippen molar-refractivity contribution in [1.29, 1.82) is 0 Å². The van der Waals surface area contributed by atoms with E-state index in [-0.39, 0.29) is 5.56 Å². The maximum absolute atomic E-state index is 11.7. The molecule has 3 aromatic rings. The van der Waals surface area contributed by atoms with Gasteiger partial charge in [0.25, 0.3) is 0 Å². The second-order valence-corrected chi connectivity index (χ2v) is 6.23. The molecular formula is C19H16ClNO2. The van der Waals surface area contributed by atoms with Crippen molar-refractivity contribution in [3.8, 4) is 11.3 Å². The molecule has 0 radical (unpaired) electrons. The van der Waals surface area contributed by atoms with E-state index in [1.165, 1.54) is 0 Å². The Morgan fingerprint density at radius 1 is 1.04 bits per heavy atom. The number of fused-ring (bicyclic) bond motifs is 1. The fourth-order valence-electron chi connectivity index (χ4n) is 2.87.